The number of nitrogens with one attached hydrogen (secondary N) is 2. The van der Waals surface area contributed by atoms with Crippen LogP contribution in [-0.2, 0) is 4.74 Å². The Kier molecular flexibility index (Phi) is 3.73. The largest absolute Gasteiger partial charge is 0.586 e. The molecule has 1 aromatic rings. The van der Waals surface area contributed by atoms with Crippen LogP contribution >= 0.6 is 0 Å². The Bertz CT molecular complexity index is 932. The predicted molar refractivity (Wildman–Crippen MR) is 102 cm³/mol. The summed E-state index contributed by atoms with van der Waals surface area (Å²) in [6, 6.07) is 2.32. The van der Waals surface area contributed by atoms with E-state index in [1.807, 2.05) is 0 Å². The highest BCUT2D eigenvalue weighted by atomic mass is 19.3. The first kappa shape index (κ1) is 19.4. The van der Waals surface area contributed by atoms with Gasteiger partial charge in [0.15, 0.2) is 11.5 Å². The van der Waals surface area contributed by atoms with Crippen molar-refractivity contribution >= 4 is 17.7 Å². The maximum atomic E-state index is 13.5. The summed E-state index contributed by atoms with van der Waals surface area (Å²) in [7, 11) is 0. The van der Waals surface area contributed by atoms with Gasteiger partial charge in [-0.05, 0) is 70.3 Å². The van der Waals surface area contributed by atoms with Crippen molar-refractivity contribution in [3.05, 3.63) is 17.7 Å². The zero-order valence-electron chi connectivity index (χ0n) is 17.1. The monoisotopic (exact) mass is 422 g/mol. The third-order valence-corrected chi connectivity index (χ3v) is 6.32. The van der Waals surface area contributed by atoms with Crippen molar-refractivity contribution in [1.82, 2.24) is 5.32 Å². The molecule has 6 rings (SSSR count). The summed E-state index contributed by atoms with van der Waals surface area (Å²) >= 11 is 0. The molecule has 4 fully saturated rings. The molecule has 1 aliphatic heterocycles. The Morgan fingerprint density at radius 1 is 1.10 bits per heavy atom. The van der Waals surface area contributed by atoms with Crippen LogP contribution in [0.5, 0.6) is 11.5 Å². The summed E-state index contributed by atoms with van der Waals surface area (Å²) in [6.07, 6.45) is 0.760. The van der Waals surface area contributed by atoms with Gasteiger partial charge >= 0.3 is 12.4 Å². The first-order valence-corrected chi connectivity index (χ1v) is 10.1. The molecule has 0 unspecified atom stereocenters. The van der Waals surface area contributed by atoms with E-state index < -0.39 is 23.9 Å². The number of halogens is 2. The summed E-state index contributed by atoms with van der Waals surface area (Å²) in [6.45, 7) is 5.08. The van der Waals surface area contributed by atoms with Crippen molar-refractivity contribution in [2.45, 2.75) is 70.3 Å². The molecule has 0 spiro atoms. The van der Waals surface area contributed by atoms with Gasteiger partial charge in [0, 0.05) is 11.6 Å². The van der Waals surface area contributed by atoms with Gasteiger partial charge in [0.25, 0.3) is 5.91 Å². The number of ether oxygens (including phenoxy) is 3. The Morgan fingerprint density at radius 3 is 2.27 bits per heavy atom. The number of carbonyl (C=O) groups excluding carboxylic acids is 2. The van der Waals surface area contributed by atoms with Crippen LogP contribution in [0.15, 0.2) is 12.1 Å². The van der Waals surface area contributed by atoms with Gasteiger partial charge in [-0.1, -0.05) is 0 Å². The van der Waals surface area contributed by atoms with Crippen molar-refractivity contribution in [3.8, 4) is 11.5 Å². The fourth-order valence-corrected chi connectivity index (χ4v) is 5.14. The number of benzene rings is 1. The minimum Gasteiger partial charge on any atom is -0.444 e. The van der Waals surface area contributed by atoms with Gasteiger partial charge in [0.1, 0.15) is 5.60 Å². The molecular formula is C21H24F2N2O5. The molecule has 0 aromatic heterocycles. The standard InChI is InChI=1S/C21H24F2N2O5/c1-18(2,3)30-17(27)24-13-7-15-14(28-21(22,23)29-15)6-12(13)16(26)25-20-8-19(9-20,10-20)11-4-5-11/h6-7,11H,4-5,8-10H2,1-3H3,(H,24,27)(H,25,26). The average Bonchev–Trinajstić information content (AvgIpc) is 3.29. The molecule has 2 amide bonds. The van der Waals surface area contributed by atoms with Crippen LogP contribution in [0.1, 0.15) is 63.2 Å². The summed E-state index contributed by atoms with van der Waals surface area (Å²) in [4.78, 5) is 25.3. The molecule has 0 saturated heterocycles. The normalized spacial score (nSPS) is 30.0. The number of fused-ring (bicyclic) bond motifs is 1. The number of hydrogen-bond acceptors (Lipinski definition) is 5. The minimum absolute atomic E-state index is 0.0188. The van der Waals surface area contributed by atoms with E-state index in [1.54, 1.807) is 20.8 Å². The molecule has 7 nitrogen and oxygen atoms in total. The summed E-state index contributed by atoms with van der Waals surface area (Å²) in [5, 5.41) is 5.51. The molecule has 162 valence electrons. The number of rotatable bonds is 4. The van der Waals surface area contributed by atoms with Crippen LogP contribution in [0.2, 0.25) is 0 Å². The summed E-state index contributed by atoms with van der Waals surface area (Å²) in [5.74, 6) is -0.187. The lowest BCUT2D eigenvalue weighted by Crippen LogP contribution is -2.75. The molecule has 4 aliphatic carbocycles. The fraction of sp³-hybridized carbons (Fsp3) is 0.619. The maximum Gasteiger partial charge on any atom is 0.586 e. The Morgan fingerprint density at radius 2 is 1.70 bits per heavy atom. The quantitative estimate of drug-likeness (QED) is 0.750. The molecule has 1 aromatic carbocycles. The van der Waals surface area contributed by atoms with Gasteiger partial charge in [-0.25, -0.2) is 4.79 Å². The van der Waals surface area contributed by atoms with Crippen LogP contribution in [0.25, 0.3) is 0 Å². The molecule has 9 heteroatoms. The molecule has 30 heavy (non-hydrogen) atoms. The number of hydrogen-bond donors (Lipinski definition) is 2. The van der Waals surface area contributed by atoms with E-state index in [1.165, 1.54) is 18.9 Å². The predicted octanol–water partition coefficient (Wildman–Crippen LogP) is 4.42. The molecule has 0 atom stereocenters. The van der Waals surface area contributed by atoms with Gasteiger partial charge < -0.3 is 19.5 Å². The topological polar surface area (TPSA) is 85.9 Å². The van der Waals surface area contributed by atoms with E-state index in [2.05, 4.69) is 20.1 Å². The third kappa shape index (κ3) is 3.24. The van der Waals surface area contributed by atoms with E-state index in [4.69, 9.17) is 4.74 Å². The first-order chi connectivity index (χ1) is 13.9. The fourth-order valence-electron chi connectivity index (χ4n) is 5.14. The Balaban J connectivity index is 1.37. The van der Waals surface area contributed by atoms with Gasteiger partial charge in [-0.3, -0.25) is 10.1 Å². The minimum atomic E-state index is -3.83. The second-order valence-corrected chi connectivity index (χ2v) is 10.0. The lowest BCUT2D eigenvalue weighted by atomic mass is 9.37. The number of anilines is 1. The lowest BCUT2D eigenvalue weighted by molar-refractivity contribution is -0.286. The van der Waals surface area contributed by atoms with Crippen LogP contribution in [0.4, 0.5) is 19.3 Å². The van der Waals surface area contributed by atoms with Crippen LogP contribution in [0, 0.1) is 11.3 Å². The van der Waals surface area contributed by atoms with Gasteiger partial charge in [-0.2, -0.15) is 0 Å². The van der Waals surface area contributed by atoms with E-state index in [0.29, 0.717) is 5.41 Å². The summed E-state index contributed by atoms with van der Waals surface area (Å²) < 4.78 is 41.2. The highest BCUT2D eigenvalue weighted by Gasteiger charge is 2.72. The average molecular weight is 422 g/mol. The molecular weight excluding hydrogens is 398 g/mol. The van der Waals surface area contributed by atoms with E-state index >= 15 is 0 Å². The summed E-state index contributed by atoms with van der Waals surface area (Å²) in [5.41, 5.74) is -0.569. The molecule has 1 heterocycles. The zero-order chi connectivity index (χ0) is 21.5. The molecule has 4 saturated carbocycles. The van der Waals surface area contributed by atoms with Crippen molar-refractivity contribution in [2.75, 3.05) is 5.32 Å². The number of amides is 2. The lowest BCUT2D eigenvalue weighted by Gasteiger charge is -2.71. The molecule has 2 bridgehead atoms. The van der Waals surface area contributed by atoms with Crippen LogP contribution in [0.3, 0.4) is 0 Å². The second-order valence-electron chi connectivity index (χ2n) is 10.0. The zero-order valence-corrected chi connectivity index (χ0v) is 17.1. The van der Waals surface area contributed by atoms with E-state index in [9.17, 15) is 18.4 Å². The van der Waals surface area contributed by atoms with E-state index in [-0.39, 0.29) is 28.3 Å². The highest BCUT2D eigenvalue weighted by molar-refractivity contribution is 6.04. The molecule has 2 N–H and O–H groups in total. The second kappa shape index (κ2) is 5.76. The van der Waals surface area contributed by atoms with Crippen LogP contribution < -0.4 is 20.1 Å². The third-order valence-electron chi connectivity index (χ3n) is 6.32. The SMILES string of the molecule is CC(C)(C)OC(=O)Nc1cc2c(cc1C(=O)NC13CC(C4CC4)(C1)C3)OC(F)(F)O2. The maximum absolute atomic E-state index is 13.5. The smallest absolute Gasteiger partial charge is 0.444 e. The number of alkyl halides is 2. The van der Waals surface area contributed by atoms with Crippen LogP contribution in [-0.4, -0.2) is 29.4 Å². The first-order valence-electron chi connectivity index (χ1n) is 10.1. The van der Waals surface area contributed by atoms with Gasteiger partial charge in [0.2, 0.25) is 0 Å². The Hall–Kier alpha value is -2.58. The van der Waals surface area contributed by atoms with Crippen molar-refractivity contribution < 1.29 is 32.6 Å². The van der Waals surface area contributed by atoms with Crippen molar-refractivity contribution in [1.29, 1.82) is 0 Å². The van der Waals surface area contributed by atoms with Crippen molar-refractivity contribution in [2.24, 2.45) is 11.3 Å². The van der Waals surface area contributed by atoms with Gasteiger partial charge in [-0.15, -0.1) is 8.78 Å². The van der Waals surface area contributed by atoms with Crippen molar-refractivity contribution in [3.63, 3.8) is 0 Å². The molecule has 5 aliphatic rings. The van der Waals surface area contributed by atoms with Gasteiger partial charge in [0.05, 0.1) is 11.3 Å². The molecule has 0 radical (unpaired) electrons. The number of carbonyl (C=O) groups is 2. The highest BCUT2D eigenvalue weighted by Crippen LogP contribution is 2.75. The Labute approximate surface area is 172 Å². The van der Waals surface area contributed by atoms with E-state index in [0.717, 1.165) is 31.2 Å².